The summed E-state index contributed by atoms with van der Waals surface area (Å²) in [7, 11) is 0. The van der Waals surface area contributed by atoms with Gasteiger partial charge in [0.15, 0.2) is 5.82 Å². The molecule has 5 nitrogen and oxygen atoms in total. The van der Waals surface area contributed by atoms with Crippen LogP contribution in [0.2, 0.25) is 10.0 Å². The van der Waals surface area contributed by atoms with Crippen LogP contribution in [0.3, 0.4) is 0 Å². The predicted molar refractivity (Wildman–Crippen MR) is 105 cm³/mol. The molecule has 0 fully saturated rings. The van der Waals surface area contributed by atoms with Crippen molar-refractivity contribution in [2.75, 3.05) is 0 Å². The quantitative estimate of drug-likeness (QED) is 0.409. The van der Waals surface area contributed by atoms with Crippen molar-refractivity contribution >= 4 is 50.0 Å². The highest BCUT2D eigenvalue weighted by atomic mass is 79.9. The van der Waals surface area contributed by atoms with Crippen molar-refractivity contribution in [2.45, 2.75) is 6.92 Å². The summed E-state index contributed by atoms with van der Waals surface area (Å²) in [5.74, 6) is 0.666. The van der Waals surface area contributed by atoms with Gasteiger partial charge in [-0.2, -0.15) is 0 Å². The maximum Gasteiger partial charge on any atom is 0.347 e. The van der Waals surface area contributed by atoms with Crippen molar-refractivity contribution < 1.29 is 4.42 Å². The molecule has 1 aromatic carbocycles. The van der Waals surface area contributed by atoms with Gasteiger partial charge in [-0.1, -0.05) is 23.2 Å². The minimum atomic E-state index is -0.508. The topological polar surface area (TPSA) is 60.9 Å². The molecular weight excluding hydrogens is 441 g/mol. The van der Waals surface area contributed by atoms with Crippen LogP contribution in [0.4, 0.5) is 0 Å². The lowest BCUT2D eigenvalue weighted by atomic mass is 10.1. The summed E-state index contributed by atoms with van der Waals surface area (Å²) in [5.41, 5.74) is 1.36. The lowest BCUT2D eigenvalue weighted by Crippen LogP contribution is -2.07. The highest BCUT2D eigenvalue weighted by molar-refractivity contribution is 9.10. The van der Waals surface area contributed by atoms with E-state index in [1.165, 1.54) is 0 Å². The van der Waals surface area contributed by atoms with Crippen LogP contribution in [0.5, 0.6) is 0 Å². The SMILES string of the molecule is Cc1cc(Cl)cc2c(=O)oc(-c3ccc(Br)n3-c3ncccc3Cl)nc12. The average Bonchev–Trinajstić information content (AvgIpc) is 2.97. The molecule has 0 amide bonds. The van der Waals surface area contributed by atoms with Gasteiger partial charge in [0.1, 0.15) is 5.69 Å². The van der Waals surface area contributed by atoms with Crippen LogP contribution in [0.25, 0.3) is 28.3 Å². The van der Waals surface area contributed by atoms with Crippen LogP contribution in [0.15, 0.2) is 56.4 Å². The summed E-state index contributed by atoms with van der Waals surface area (Å²) in [5, 5.41) is 1.26. The number of halogens is 3. The molecule has 26 heavy (non-hydrogen) atoms. The van der Waals surface area contributed by atoms with Crippen LogP contribution in [0, 0.1) is 6.92 Å². The molecule has 130 valence electrons. The summed E-state index contributed by atoms with van der Waals surface area (Å²) >= 11 is 15.8. The molecular formula is C18H10BrCl2N3O2. The summed E-state index contributed by atoms with van der Waals surface area (Å²) in [6.45, 7) is 1.84. The van der Waals surface area contributed by atoms with E-state index in [1.807, 2.05) is 6.92 Å². The largest absolute Gasteiger partial charge is 0.401 e. The monoisotopic (exact) mass is 449 g/mol. The molecule has 0 radical (unpaired) electrons. The van der Waals surface area contributed by atoms with E-state index in [1.54, 1.807) is 47.2 Å². The van der Waals surface area contributed by atoms with Crippen molar-refractivity contribution in [3.63, 3.8) is 0 Å². The molecule has 0 bridgehead atoms. The van der Waals surface area contributed by atoms with Gasteiger partial charge in [0.2, 0.25) is 5.89 Å². The number of hydrogen-bond acceptors (Lipinski definition) is 4. The molecule has 0 saturated heterocycles. The molecule has 0 aliphatic heterocycles. The number of pyridine rings is 1. The Morgan fingerprint density at radius 1 is 1.19 bits per heavy atom. The van der Waals surface area contributed by atoms with E-state index in [2.05, 4.69) is 25.9 Å². The number of aromatic nitrogens is 3. The lowest BCUT2D eigenvalue weighted by molar-refractivity contribution is 0.514. The van der Waals surface area contributed by atoms with Gasteiger partial charge >= 0.3 is 5.63 Å². The summed E-state index contributed by atoms with van der Waals surface area (Å²) in [4.78, 5) is 21.3. The van der Waals surface area contributed by atoms with Gasteiger partial charge in [-0.05, 0) is 64.8 Å². The van der Waals surface area contributed by atoms with Gasteiger partial charge in [0, 0.05) is 11.2 Å². The zero-order chi connectivity index (χ0) is 18.4. The molecule has 0 aliphatic carbocycles. The number of benzene rings is 1. The fourth-order valence-electron chi connectivity index (χ4n) is 2.75. The van der Waals surface area contributed by atoms with E-state index in [-0.39, 0.29) is 5.89 Å². The van der Waals surface area contributed by atoms with Gasteiger partial charge in [-0.25, -0.2) is 14.8 Å². The zero-order valence-electron chi connectivity index (χ0n) is 13.3. The van der Waals surface area contributed by atoms with Gasteiger partial charge in [0.05, 0.1) is 20.5 Å². The van der Waals surface area contributed by atoms with Gasteiger partial charge in [-0.3, -0.25) is 4.57 Å². The molecule has 0 aliphatic rings. The number of nitrogens with zero attached hydrogens (tertiary/aromatic N) is 3. The van der Waals surface area contributed by atoms with Gasteiger partial charge in [-0.15, -0.1) is 0 Å². The smallest absolute Gasteiger partial charge is 0.347 e. The standard InChI is InChI=1S/C18H10BrCl2N3O2/c1-9-7-10(20)8-11-15(9)23-17(26-18(11)25)13-4-5-14(19)24(13)16-12(21)3-2-6-22-16/h2-8H,1H3. The minimum absolute atomic E-state index is 0.167. The molecule has 0 unspecified atom stereocenters. The molecule has 4 rings (SSSR count). The summed E-state index contributed by atoms with van der Waals surface area (Å²) in [6, 6.07) is 10.4. The van der Waals surface area contributed by atoms with Crippen LogP contribution in [0.1, 0.15) is 5.56 Å². The predicted octanol–water partition coefficient (Wildman–Crippen LogP) is 5.42. The minimum Gasteiger partial charge on any atom is -0.401 e. The van der Waals surface area contributed by atoms with Crippen molar-refractivity contribution in [1.82, 2.24) is 14.5 Å². The summed E-state index contributed by atoms with van der Waals surface area (Å²) < 4.78 is 7.89. The number of fused-ring (bicyclic) bond motifs is 1. The van der Waals surface area contributed by atoms with Crippen molar-refractivity contribution in [2.24, 2.45) is 0 Å². The molecule has 3 heterocycles. The maximum absolute atomic E-state index is 12.5. The number of hydrogen-bond donors (Lipinski definition) is 0. The highest BCUT2D eigenvalue weighted by Gasteiger charge is 2.19. The van der Waals surface area contributed by atoms with Crippen LogP contribution >= 0.6 is 39.1 Å². The zero-order valence-corrected chi connectivity index (χ0v) is 16.4. The second-order valence-corrected chi connectivity index (χ2v) is 7.27. The molecule has 0 atom stereocenters. The lowest BCUT2D eigenvalue weighted by Gasteiger charge is -2.11. The van der Waals surface area contributed by atoms with Crippen molar-refractivity contribution in [1.29, 1.82) is 0 Å². The fourth-order valence-corrected chi connectivity index (χ4v) is 3.72. The van der Waals surface area contributed by atoms with Crippen LogP contribution in [-0.2, 0) is 0 Å². The first-order valence-electron chi connectivity index (χ1n) is 7.55. The Balaban J connectivity index is 2.01. The third-order valence-electron chi connectivity index (χ3n) is 3.89. The van der Waals surface area contributed by atoms with E-state index in [0.717, 1.165) is 5.56 Å². The second kappa shape index (κ2) is 6.54. The first-order valence-corrected chi connectivity index (χ1v) is 9.10. The van der Waals surface area contributed by atoms with E-state index in [0.29, 0.717) is 37.1 Å². The molecule has 0 spiro atoms. The first kappa shape index (κ1) is 17.3. The average molecular weight is 451 g/mol. The van der Waals surface area contributed by atoms with E-state index < -0.39 is 5.63 Å². The van der Waals surface area contributed by atoms with Gasteiger partial charge < -0.3 is 4.42 Å². The molecule has 3 aromatic heterocycles. The number of aryl methyl sites for hydroxylation is 1. The molecule has 8 heteroatoms. The fraction of sp³-hybridized carbons (Fsp3) is 0.0556. The Labute approximate surface area is 166 Å². The molecule has 0 saturated carbocycles. The third-order valence-corrected chi connectivity index (χ3v) is 5.02. The van der Waals surface area contributed by atoms with Crippen molar-refractivity contribution in [3.8, 4) is 17.4 Å². The summed E-state index contributed by atoms with van der Waals surface area (Å²) in [6.07, 6.45) is 1.63. The molecule has 4 aromatic rings. The van der Waals surface area contributed by atoms with E-state index >= 15 is 0 Å². The van der Waals surface area contributed by atoms with Crippen LogP contribution < -0.4 is 5.63 Å². The Bertz CT molecular complexity index is 1220. The first-order chi connectivity index (χ1) is 12.5. The third kappa shape index (κ3) is 2.84. The Morgan fingerprint density at radius 2 is 2.00 bits per heavy atom. The molecule has 0 N–H and O–H groups in total. The Hall–Kier alpha value is -2.15. The van der Waals surface area contributed by atoms with E-state index in [4.69, 9.17) is 27.6 Å². The Kier molecular flexibility index (Phi) is 4.34. The maximum atomic E-state index is 12.5. The van der Waals surface area contributed by atoms with Crippen LogP contribution in [-0.4, -0.2) is 14.5 Å². The normalized spacial score (nSPS) is 11.2. The second-order valence-electron chi connectivity index (χ2n) is 5.61. The Morgan fingerprint density at radius 3 is 2.77 bits per heavy atom. The van der Waals surface area contributed by atoms with Crippen molar-refractivity contribution in [3.05, 3.63) is 73.2 Å². The van der Waals surface area contributed by atoms with E-state index in [9.17, 15) is 4.79 Å². The number of rotatable bonds is 2. The van der Waals surface area contributed by atoms with Gasteiger partial charge in [0.25, 0.3) is 0 Å². The highest BCUT2D eigenvalue weighted by Crippen LogP contribution is 2.31.